The van der Waals surface area contributed by atoms with Crippen molar-refractivity contribution in [2.24, 2.45) is 71.0 Å². The van der Waals surface area contributed by atoms with E-state index in [1.807, 2.05) is 0 Å². The Hall–Kier alpha value is 0. The minimum Gasteiger partial charge on any atom is -0.0654 e. The summed E-state index contributed by atoms with van der Waals surface area (Å²) in [5.41, 5.74) is 0. The lowest BCUT2D eigenvalue weighted by Gasteiger charge is -2.59. The maximum absolute atomic E-state index is 2.81. The van der Waals surface area contributed by atoms with Crippen molar-refractivity contribution in [2.45, 2.75) is 151 Å². The zero-order valence-corrected chi connectivity index (χ0v) is 24.9. The van der Waals surface area contributed by atoms with Gasteiger partial charge in [-0.15, -0.1) is 0 Å². The fourth-order valence-corrected chi connectivity index (χ4v) is 11.5. The lowest BCUT2D eigenvalue weighted by Crippen LogP contribution is -2.53. The van der Waals surface area contributed by atoms with E-state index in [0.717, 1.165) is 71.0 Å². The predicted octanol–water partition coefficient (Wildman–Crippen LogP) is 11.2. The number of unbranched alkanes of at least 4 members (excludes halogenated alkanes) is 1. The van der Waals surface area contributed by atoms with Gasteiger partial charge in [0.2, 0.25) is 0 Å². The van der Waals surface area contributed by atoms with Crippen LogP contribution in [0.2, 0.25) is 0 Å². The number of hydrogen-bond donors (Lipinski definition) is 0. The molecule has 4 fully saturated rings. The Bertz CT molecular complexity index is 595. The van der Waals surface area contributed by atoms with Crippen molar-refractivity contribution in [2.75, 3.05) is 0 Å². The Balaban J connectivity index is 1.69. The molecular weight excluding hydrogens is 420 g/mol. The van der Waals surface area contributed by atoms with Crippen LogP contribution in [0, 0.1) is 71.0 Å². The molecule has 0 heterocycles. The summed E-state index contributed by atoms with van der Waals surface area (Å²) in [7, 11) is 0. The molecule has 4 aliphatic rings. The highest BCUT2D eigenvalue weighted by Crippen LogP contribution is 2.63. The zero-order chi connectivity index (χ0) is 24.9. The van der Waals surface area contributed by atoms with Crippen LogP contribution in [-0.2, 0) is 0 Å². The molecule has 0 aromatic heterocycles. The SMILES string of the molecule is CCCCC1C(C)C(C(C(C)CCC)C(C)CCC)C2CCCCC2C1C1CCC2CCCCC21. The molecule has 11 unspecified atom stereocenters. The molecule has 0 spiro atoms. The molecule has 0 aliphatic heterocycles. The van der Waals surface area contributed by atoms with Gasteiger partial charge in [-0.25, -0.2) is 0 Å². The van der Waals surface area contributed by atoms with Gasteiger partial charge < -0.3 is 0 Å². The lowest BCUT2D eigenvalue weighted by atomic mass is 9.46. The van der Waals surface area contributed by atoms with Crippen LogP contribution in [0.3, 0.4) is 0 Å². The summed E-state index contributed by atoms with van der Waals surface area (Å²) in [6.07, 6.45) is 25.8. The normalized spacial score (nSPS) is 42.2. The Labute approximate surface area is 221 Å². The van der Waals surface area contributed by atoms with Crippen LogP contribution < -0.4 is 0 Å². The summed E-state index contributed by atoms with van der Waals surface area (Å²) >= 11 is 0. The number of fused-ring (bicyclic) bond motifs is 2. The monoisotopic (exact) mass is 485 g/mol. The van der Waals surface area contributed by atoms with Gasteiger partial charge in [-0.3, -0.25) is 0 Å². The van der Waals surface area contributed by atoms with Crippen LogP contribution in [0.15, 0.2) is 0 Å². The van der Waals surface area contributed by atoms with E-state index in [1.165, 1.54) is 51.4 Å². The fraction of sp³-hybridized carbons (Fsp3) is 1.00. The first kappa shape index (κ1) is 28.0. The highest BCUT2D eigenvalue weighted by molar-refractivity contribution is 5.04. The molecule has 0 radical (unpaired) electrons. The second-order valence-electron chi connectivity index (χ2n) is 14.5. The molecule has 11 atom stereocenters. The van der Waals surface area contributed by atoms with Crippen LogP contribution >= 0.6 is 0 Å². The third-order valence-corrected chi connectivity index (χ3v) is 12.7. The van der Waals surface area contributed by atoms with Gasteiger partial charge in [-0.1, -0.05) is 112 Å². The van der Waals surface area contributed by atoms with Gasteiger partial charge in [-0.05, 0) is 110 Å². The van der Waals surface area contributed by atoms with Gasteiger partial charge in [0.25, 0.3) is 0 Å². The summed E-state index contributed by atoms with van der Waals surface area (Å²) < 4.78 is 0. The summed E-state index contributed by atoms with van der Waals surface area (Å²) in [4.78, 5) is 0. The quantitative estimate of drug-likeness (QED) is 0.273. The fourth-order valence-electron chi connectivity index (χ4n) is 11.5. The van der Waals surface area contributed by atoms with E-state index in [9.17, 15) is 0 Å². The van der Waals surface area contributed by atoms with Crippen molar-refractivity contribution >= 4 is 0 Å². The van der Waals surface area contributed by atoms with Crippen LogP contribution in [0.4, 0.5) is 0 Å². The molecule has 0 nitrogen and oxygen atoms in total. The molecule has 0 amide bonds. The van der Waals surface area contributed by atoms with E-state index < -0.39 is 0 Å². The van der Waals surface area contributed by atoms with E-state index in [4.69, 9.17) is 0 Å². The molecule has 0 aromatic rings. The van der Waals surface area contributed by atoms with Gasteiger partial charge in [0, 0.05) is 0 Å². The Morgan fingerprint density at radius 3 is 1.83 bits per heavy atom. The average Bonchev–Trinajstić information content (AvgIpc) is 3.28. The summed E-state index contributed by atoms with van der Waals surface area (Å²) in [6.45, 7) is 15.5. The average molecular weight is 485 g/mol. The standard InChI is InChI=1S/C35H64/c1-7-10-18-28-26(6)34(33(24(4)15-8-2)25(5)16-9-3)30-20-13-14-21-31(30)35(28)32-23-22-27-17-11-12-19-29(27)32/h24-35H,7-23H2,1-6H3. The molecule has 204 valence electrons. The Morgan fingerprint density at radius 1 is 0.629 bits per heavy atom. The van der Waals surface area contributed by atoms with Gasteiger partial charge >= 0.3 is 0 Å². The third-order valence-electron chi connectivity index (χ3n) is 12.7. The van der Waals surface area contributed by atoms with Crippen molar-refractivity contribution < 1.29 is 0 Å². The second kappa shape index (κ2) is 13.2. The highest BCUT2D eigenvalue weighted by Gasteiger charge is 2.56. The second-order valence-corrected chi connectivity index (χ2v) is 14.5. The van der Waals surface area contributed by atoms with Crippen molar-refractivity contribution in [3.05, 3.63) is 0 Å². The van der Waals surface area contributed by atoms with Gasteiger partial charge in [0.15, 0.2) is 0 Å². The first-order valence-electron chi connectivity index (χ1n) is 17.0. The molecular formula is C35H64. The molecule has 0 bridgehead atoms. The molecule has 4 rings (SSSR count). The molecule has 0 heteroatoms. The molecule has 4 saturated carbocycles. The third kappa shape index (κ3) is 5.87. The Morgan fingerprint density at radius 2 is 1.20 bits per heavy atom. The van der Waals surface area contributed by atoms with Gasteiger partial charge in [-0.2, -0.15) is 0 Å². The van der Waals surface area contributed by atoms with Crippen LogP contribution in [0.1, 0.15) is 151 Å². The van der Waals surface area contributed by atoms with Crippen LogP contribution in [-0.4, -0.2) is 0 Å². The maximum atomic E-state index is 2.81. The minimum absolute atomic E-state index is 0.911. The molecule has 0 saturated heterocycles. The van der Waals surface area contributed by atoms with E-state index >= 15 is 0 Å². The van der Waals surface area contributed by atoms with E-state index in [0.29, 0.717) is 0 Å². The largest absolute Gasteiger partial charge is 0.0654 e. The van der Waals surface area contributed by atoms with Gasteiger partial charge in [0.05, 0.1) is 0 Å². The molecule has 0 aromatic carbocycles. The van der Waals surface area contributed by atoms with E-state index in [-0.39, 0.29) is 0 Å². The zero-order valence-electron chi connectivity index (χ0n) is 24.9. The maximum Gasteiger partial charge on any atom is -0.0321 e. The number of rotatable bonds is 11. The number of hydrogen-bond acceptors (Lipinski definition) is 0. The first-order chi connectivity index (χ1) is 17.0. The lowest BCUT2D eigenvalue weighted by molar-refractivity contribution is -0.110. The highest BCUT2D eigenvalue weighted by atomic mass is 14.6. The molecule has 35 heavy (non-hydrogen) atoms. The van der Waals surface area contributed by atoms with Crippen molar-refractivity contribution in [1.82, 2.24) is 0 Å². The van der Waals surface area contributed by atoms with Crippen molar-refractivity contribution in [1.29, 1.82) is 0 Å². The first-order valence-corrected chi connectivity index (χ1v) is 17.0. The van der Waals surface area contributed by atoms with E-state index in [1.54, 1.807) is 57.8 Å². The summed E-state index contributed by atoms with van der Waals surface area (Å²) in [5.74, 6) is 12.3. The Kier molecular flexibility index (Phi) is 10.6. The van der Waals surface area contributed by atoms with Crippen molar-refractivity contribution in [3.63, 3.8) is 0 Å². The topological polar surface area (TPSA) is 0 Å². The smallest absolute Gasteiger partial charge is 0.0321 e. The summed E-state index contributed by atoms with van der Waals surface area (Å²) in [6, 6.07) is 0. The van der Waals surface area contributed by atoms with E-state index in [2.05, 4.69) is 41.5 Å². The predicted molar refractivity (Wildman–Crippen MR) is 154 cm³/mol. The van der Waals surface area contributed by atoms with Crippen LogP contribution in [0.5, 0.6) is 0 Å². The van der Waals surface area contributed by atoms with Gasteiger partial charge in [0.1, 0.15) is 0 Å². The minimum atomic E-state index is 0.911. The van der Waals surface area contributed by atoms with Crippen LogP contribution in [0.25, 0.3) is 0 Å². The molecule has 0 N–H and O–H groups in total. The van der Waals surface area contributed by atoms with Crippen molar-refractivity contribution in [3.8, 4) is 0 Å². The molecule has 4 aliphatic carbocycles. The summed E-state index contributed by atoms with van der Waals surface area (Å²) in [5, 5.41) is 0.